The molecule has 13 heavy (non-hydrogen) atoms. The molecule has 2 rings (SSSR count). The molecule has 0 aliphatic carbocycles. The third-order valence-electron chi connectivity index (χ3n) is 2.39. The van der Waals surface area contributed by atoms with E-state index in [1.165, 1.54) is 5.56 Å². The van der Waals surface area contributed by atoms with E-state index in [0.29, 0.717) is 6.42 Å². The average molecular weight is 175 g/mol. The number of carbonyl (C=O) groups is 1. The fraction of sp³-hybridized carbons (Fsp3) is 0.364. The van der Waals surface area contributed by atoms with Gasteiger partial charge in [0.25, 0.3) is 0 Å². The summed E-state index contributed by atoms with van der Waals surface area (Å²) in [6, 6.07) is 8.03. The summed E-state index contributed by atoms with van der Waals surface area (Å²) >= 11 is 0. The van der Waals surface area contributed by atoms with Crippen LogP contribution in [0.2, 0.25) is 0 Å². The Morgan fingerprint density at radius 2 is 1.85 bits per heavy atom. The number of benzene rings is 1. The number of hydrogen-bond donors (Lipinski definition) is 1. The molecular formula is C11H13NO. The standard InChI is InChI=1S/C11H13NO/c13-11-8-4-2-6-9-5-1-3-7-10(9)12-11/h1,3,5,7H,2,4,6,8H2,(H,12,13). The summed E-state index contributed by atoms with van der Waals surface area (Å²) in [6.45, 7) is 0. The Morgan fingerprint density at radius 3 is 2.77 bits per heavy atom. The molecule has 1 heterocycles. The van der Waals surface area contributed by atoms with Crippen LogP contribution in [0.3, 0.4) is 0 Å². The van der Waals surface area contributed by atoms with Crippen molar-refractivity contribution in [1.29, 1.82) is 0 Å². The largest absolute Gasteiger partial charge is 0.326 e. The lowest BCUT2D eigenvalue weighted by Crippen LogP contribution is -2.14. The molecule has 0 radical (unpaired) electrons. The summed E-state index contributed by atoms with van der Waals surface area (Å²) in [5.74, 6) is 0.146. The van der Waals surface area contributed by atoms with E-state index in [1.807, 2.05) is 18.2 Å². The number of fused-ring (bicyclic) bond motifs is 1. The summed E-state index contributed by atoms with van der Waals surface area (Å²) in [4.78, 5) is 11.3. The van der Waals surface area contributed by atoms with Gasteiger partial charge in [0, 0.05) is 12.1 Å². The van der Waals surface area contributed by atoms with E-state index < -0.39 is 0 Å². The molecule has 1 amide bonds. The van der Waals surface area contributed by atoms with Crippen LogP contribution in [0.5, 0.6) is 0 Å². The van der Waals surface area contributed by atoms with E-state index in [4.69, 9.17) is 0 Å². The minimum absolute atomic E-state index is 0.146. The van der Waals surface area contributed by atoms with E-state index in [9.17, 15) is 4.79 Å². The second-order valence-electron chi connectivity index (χ2n) is 3.41. The van der Waals surface area contributed by atoms with Crippen molar-refractivity contribution < 1.29 is 4.79 Å². The Hall–Kier alpha value is -1.31. The number of carbonyl (C=O) groups excluding carboxylic acids is 1. The summed E-state index contributed by atoms with van der Waals surface area (Å²) in [5, 5.41) is 2.92. The predicted molar refractivity (Wildman–Crippen MR) is 52.6 cm³/mol. The van der Waals surface area contributed by atoms with Gasteiger partial charge in [0.15, 0.2) is 0 Å². The number of aryl methyl sites for hydroxylation is 1. The topological polar surface area (TPSA) is 29.1 Å². The normalized spacial score (nSPS) is 16.8. The highest BCUT2D eigenvalue weighted by Gasteiger charge is 2.09. The molecule has 1 N–H and O–H groups in total. The number of anilines is 1. The molecule has 1 aromatic carbocycles. The smallest absolute Gasteiger partial charge is 0.224 e. The lowest BCUT2D eigenvalue weighted by molar-refractivity contribution is -0.116. The molecule has 0 saturated heterocycles. The van der Waals surface area contributed by atoms with Gasteiger partial charge in [-0.15, -0.1) is 0 Å². The lowest BCUT2D eigenvalue weighted by Gasteiger charge is -2.13. The second kappa shape index (κ2) is 3.60. The molecule has 0 spiro atoms. The first-order chi connectivity index (χ1) is 6.36. The van der Waals surface area contributed by atoms with Crippen LogP contribution in [0.25, 0.3) is 0 Å². The maximum Gasteiger partial charge on any atom is 0.224 e. The Balaban J connectivity index is 2.30. The quantitative estimate of drug-likeness (QED) is 0.644. The molecule has 2 nitrogen and oxygen atoms in total. The molecule has 1 aliphatic rings. The highest BCUT2D eigenvalue weighted by molar-refractivity contribution is 5.91. The Kier molecular flexibility index (Phi) is 2.30. The number of amides is 1. The molecular weight excluding hydrogens is 162 g/mol. The van der Waals surface area contributed by atoms with Gasteiger partial charge in [-0.05, 0) is 30.9 Å². The minimum Gasteiger partial charge on any atom is -0.326 e. The first-order valence-electron chi connectivity index (χ1n) is 4.74. The van der Waals surface area contributed by atoms with Crippen LogP contribution >= 0.6 is 0 Å². The first-order valence-corrected chi connectivity index (χ1v) is 4.74. The minimum atomic E-state index is 0.146. The fourth-order valence-corrected chi connectivity index (χ4v) is 1.67. The molecule has 1 aromatic rings. The number of rotatable bonds is 0. The zero-order valence-electron chi connectivity index (χ0n) is 7.55. The molecule has 0 atom stereocenters. The third kappa shape index (κ3) is 1.89. The van der Waals surface area contributed by atoms with Crippen LogP contribution in [-0.2, 0) is 11.2 Å². The maximum absolute atomic E-state index is 11.3. The van der Waals surface area contributed by atoms with Gasteiger partial charge in [-0.25, -0.2) is 0 Å². The Morgan fingerprint density at radius 1 is 1.08 bits per heavy atom. The van der Waals surface area contributed by atoms with Gasteiger partial charge in [-0.3, -0.25) is 4.79 Å². The van der Waals surface area contributed by atoms with Crippen molar-refractivity contribution in [1.82, 2.24) is 0 Å². The van der Waals surface area contributed by atoms with Gasteiger partial charge in [0.1, 0.15) is 0 Å². The van der Waals surface area contributed by atoms with Crippen LogP contribution in [0.1, 0.15) is 24.8 Å². The Labute approximate surface area is 78.0 Å². The zero-order valence-corrected chi connectivity index (χ0v) is 7.55. The van der Waals surface area contributed by atoms with Crippen molar-refractivity contribution in [3.8, 4) is 0 Å². The molecule has 0 aromatic heterocycles. The monoisotopic (exact) mass is 175 g/mol. The highest BCUT2D eigenvalue weighted by Crippen LogP contribution is 2.20. The van der Waals surface area contributed by atoms with E-state index in [2.05, 4.69) is 11.4 Å². The van der Waals surface area contributed by atoms with E-state index in [0.717, 1.165) is 24.9 Å². The first kappa shape index (κ1) is 8.30. The summed E-state index contributed by atoms with van der Waals surface area (Å²) in [5.41, 5.74) is 2.25. The van der Waals surface area contributed by atoms with Crippen LogP contribution in [0.15, 0.2) is 24.3 Å². The summed E-state index contributed by atoms with van der Waals surface area (Å²) in [7, 11) is 0. The van der Waals surface area contributed by atoms with Crippen molar-refractivity contribution in [3.63, 3.8) is 0 Å². The van der Waals surface area contributed by atoms with Crippen LogP contribution in [-0.4, -0.2) is 5.91 Å². The number of nitrogens with one attached hydrogen (secondary N) is 1. The van der Waals surface area contributed by atoms with Crippen molar-refractivity contribution in [2.45, 2.75) is 25.7 Å². The van der Waals surface area contributed by atoms with Crippen LogP contribution in [0.4, 0.5) is 5.69 Å². The molecule has 68 valence electrons. The van der Waals surface area contributed by atoms with Gasteiger partial charge in [-0.1, -0.05) is 18.2 Å². The van der Waals surface area contributed by atoms with Crippen molar-refractivity contribution in [3.05, 3.63) is 29.8 Å². The van der Waals surface area contributed by atoms with E-state index in [-0.39, 0.29) is 5.91 Å². The van der Waals surface area contributed by atoms with E-state index in [1.54, 1.807) is 0 Å². The molecule has 1 aliphatic heterocycles. The van der Waals surface area contributed by atoms with Crippen molar-refractivity contribution in [2.24, 2.45) is 0 Å². The molecule has 0 saturated carbocycles. The molecule has 0 fully saturated rings. The van der Waals surface area contributed by atoms with Crippen LogP contribution in [0, 0.1) is 0 Å². The van der Waals surface area contributed by atoms with Gasteiger partial charge in [0.05, 0.1) is 0 Å². The molecule has 2 heteroatoms. The molecule has 0 unspecified atom stereocenters. The van der Waals surface area contributed by atoms with Crippen LogP contribution < -0.4 is 5.32 Å². The van der Waals surface area contributed by atoms with Gasteiger partial charge >= 0.3 is 0 Å². The summed E-state index contributed by atoms with van der Waals surface area (Å²) < 4.78 is 0. The Bertz CT molecular complexity index is 320. The van der Waals surface area contributed by atoms with Crippen molar-refractivity contribution >= 4 is 11.6 Å². The SMILES string of the molecule is O=C1CCCCc2ccccc2N1. The lowest BCUT2D eigenvalue weighted by atomic mass is 10.0. The molecule has 0 bridgehead atoms. The maximum atomic E-state index is 11.3. The average Bonchev–Trinajstić information content (AvgIpc) is 2.11. The third-order valence-corrected chi connectivity index (χ3v) is 2.39. The van der Waals surface area contributed by atoms with Gasteiger partial charge < -0.3 is 5.32 Å². The van der Waals surface area contributed by atoms with Crippen molar-refractivity contribution in [2.75, 3.05) is 5.32 Å². The highest BCUT2D eigenvalue weighted by atomic mass is 16.1. The van der Waals surface area contributed by atoms with E-state index >= 15 is 0 Å². The van der Waals surface area contributed by atoms with Gasteiger partial charge in [-0.2, -0.15) is 0 Å². The van der Waals surface area contributed by atoms with Gasteiger partial charge in [0.2, 0.25) is 5.91 Å². The number of para-hydroxylation sites is 1. The number of hydrogen-bond acceptors (Lipinski definition) is 1. The fourth-order valence-electron chi connectivity index (χ4n) is 1.67. The summed E-state index contributed by atoms with van der Waals surface area (Å²) in [6.07, 6.45) is 3.86. The zero-order chi connectivity index (χ0) is 9.10. The second-order valence-corrected chi connectivity index (χ2v) is 3.41. The predicted octanol–water partition coefficient (Wildman–Crippen LogP) is 2.35.